The molecule has 18 heavy (non-hydrogen) atoms. The number of amides is 1. The summed E-state index contributed by atoms with van der Waals surface area (Å²) in [5.41, 5.74) is 0.891. The van der Waals surface area contributed by atoms with E-state index in [4.69, 9.17) is 11.6 Å². The second-order valence-electron chi connectivity index (χ2n) is 5.51. The Hall–Kier alpha value is -0.540. The van der Waals surface area contributed by atoms with Crippen LogP contribution in [0.3, 0.4) is 0 Å². The lowest BCUT2D eigenvalue weighted by Gasteiger charge is -2.26. The molecule has 1 aromatic carbocycles. The fraction of sp³-hybridized carbons (Fsp3) is 0.500. The van der Waals surface area contributed by atoms with E-state index in [9.17, 15) is 4.79 Å². The zero-order valence-corrected chi connectivity index (χ0v) is 13.5. The molecule has 0 fully saturated rings. The first kappa shape index (κ1) is 15.5. The smallest absolute Gasteiger partial charge is 0.234 e. The molecule has 0 aliphatic heterocycles. The topological polar surface area (TPSA) is 29.1 Å². The molecule has 2 atom stereocenters. The summed E-state index contributed by atoms with van der Waals surface area (Å²) < 4.78 is 0. The molecule has 0 aromatic heterocycles. The first-order chi connectivity index (χ1) is 8.21. The number of nitrogens with one attached hydrogen (secondary N) is 1. The zero-order chi connectivity index (χ0) is 13.9. The molecular formula is C14H19BrClNO. The van der Waals surface area contributed by atoms with Gasteiger partial charge in [0.25, 0.3) is 0 Å². The molecule has 0 aliphatic rings. The van der Waals surface area contributed by atoms with E-state index in [0.717, 1.165) is 5.56 Å². The molecular weight excluding hydrogens is 314 g/mol. The lowest BCUT2D eigenvalue weighted by atomic mass is 9.91. The van der Waals surface area contributed by atoms with E-state index in [1.54, 1.807) is 0 Å². The fourth-order valence-corrected chi connectivity index (χ4v) is 1.87. The molecule has 1 N–H and O–H groups in total. The van der Waals surface area contributed by atoms with Crippen molar-refractivity contribution in [1.29, 1.82) is 0 Å². The molecule has 1 aromatic rings. The standard InChI is InChI=1S/C14H19BrClNO/c1-9(10-6-5-7-11(16)8-10)17-13(18)12(15)14(2,3)4/h5-9,12H,1-4H3,(H,17,18). The first-order valence-electron chi connectivity index (χ1n) is 5.91. The molecule has 0 aliphatic carbocycles. The van der Waals surface area contributed by atoms with Crippen LogP contribution in [-0.2, 0) is 4.79 Å². The number of halogens is 2. The Bertz CT molecular complexity index is 428. The van der Waals surface area contributed by atoms with Gasteiger partial charge in [0.05, 0.1) is 10.9 Å². The Balaban J connectivity index is 2.71. The van der Waals surface area contributed by atoms with E-state index in [-0.39, 0.29) is 22.2 Å². The molecule has 100 valence electrons. The van der Waals surface area contributed by atoms with Crippen LogP contribution in [0.25, 0.3) is 0 Å². The van der Waals surface area contributed by atoms with Crippen LogP contribution in [-0.4, -0.2) is 10.7 Å². The molecule has 0 saturated heterocycles. The van der Waals surface area contributed by atoms with Gasteiger partial charge in [-0.1, -0.05) is 60.4 Å². The summed E-state index contributed by atoms with van der Waals surface area (Å²) in [6.45, 7) is 8.02. The van der Waals surface area contributed by atoms with E-state index in [1.165, 1.54) is 0 Å². The fourth-order valence-electron chi connectivity index (χ4n) is 1.54. The highest BCUT2D eigenvalue weighted by Gasteiger charge is 2.29. The van der Waals surface area contributed by atoms with Gasteiger partial charge in [-0.25, -0.2) is 0 Å². The highest BCUT2D eigenvalue weighted by atomic mass is 79.9. The van der Waals surface area contributed by atoms with Gasteiger partial charge in [-0.3, -0.25) is 4.79 Å². The van der Waals surface area contributed by atoms with Gasteiger partial charge in [0.2, 0.25) is 5.91 Å². The highest BCUT2D eigenvalue weighted by molar-refractivity contribution is 9.10. The third-order valence-electron chi connectivity index (χ3n) is 2.70. The van der Waals surface area contributed by atoms with Crippen molar-refractivity contribution >= 4 is 33.4 Å². The lowest BCUT2D eigenvalue weighted by Crippen LogP contribution is -2.39. The summed E-state index contributed by atoms with van der Waals surface area (Å²) in [5.74, 6) is -0.00465. The number of hydrogen-bond acceptors (Lipinski definition) is 1. The highest BCUT2D eigenvalue weighted by Crippen LogP contribution is 2.27. The van der Waals surface area contributed by atoms with Crippen LogP contribution < -0.4 is 5.32 Å². The normalized spacial score (nSPS) is 15.0. The van der Waals surface area contributed by atoms with Gasteiger partial charge >= 0.3 is 0 Å². The van der Waals surface area contributed by atoms with E-state index < -0.39 is 0 Å². The molecule has 2 nitrogen and oxygen atoms in total. The van der Waals surface area contributed by atoms with Crippen molar-refractivity contribution in [1.82, 2.24) is 5.32 Å². The largest absolute Gasteiger partial charge is 0.349 e. The summed E-state index contributed by atoms with van der Waals surface area (Å²) in [5, 5.41) is 3.67. The van der Waals surface area contributed by atoms with Crippen LogP contribution in [0.1, 0.15) is 39.3 Å². The number of alkyl halides is 1. The van der Waals surface area contributed by atoms with Crippen molar-refractivity contribution in [2.24, 2.45) is 5.41 Å². The van der Waals surface area contributed by atoms with Crippen molar-refractivity contribution in [2.75, 3.05) is 0 Å². The van der Waals surface area contributed by atoms with Crippen molar-refractivity contribution in [3.8, 4) is 0 Å². The van der Waals surface area contributed by atoms with Crippen LogP contribution in [0.5, 0.6) is 0 Å². The van der Waals surface area contributed by atoms with Crippen molar-refractivity contribution in [3.63, 3.8) is 0 Å². The maximum absolute atomic E-state index is 12.1. The second-order valence-corrected chi connectivity index (χ2v) is 6.87. The quantitative estimate of drug-likeness (QED) is 0.820. The minimum absolute atomic E-state index is 0.00465. The first-order valence-corrected chi connectivity index (χ1v) is 7.21. The van der Waals surface area contributed by atoms with E-state index in [0.29, 0.717) is 5.02 Å². The van der Waals surface area contributed by atoms with Crippen molar-refractivity contribution < 1.29 is 4.79 Å². The Morgan fingerprint density at radius 3 is 2.50 bits per heavy atom. The van der Waals surface area contributed by atoms with E-state index in [1.807, 2.05) is 52.0 Å². The molecule has 0 radical (unpaired) electrons. The second kappa shape index (κ2) is 6.07. The van der Waals surface area contributed by atoms with Crippen LogP contribution in [0.15, 0.2) is 24.3 Å². The van der Waals surface area contributed by atoms with Gasteiger partial charge < -0.3 is 5.32 Å². The lowest BCUT2D eigenvalue weighted by molar-refractivity contribution is -0.122. The summed E-state index contributed by atoms with van der Waals surface area (Å²) in [6, 6.07) is 7.47. The Labute approximate surface area is 122 Å². The number of benzene rings is 1. The molecule has 0 bridgehead atoms. The Morgan fingerprint density at radius 2 is 2.00 bits per heavy atom. The molecule has 0 spiro atoms. The van der Waals surface area contributed by atoms with Crippen LogP contribution in [0, 0.1) is 5.41 Å². The van der Waals surface area contributed by atoms with Gasteiger partial charge in [0, 0.05) is 5.02 Å². The SMILES string of the molecule is CC(NC(=O)C(Br)C(C)(C)C)c1cccc(Cl)c1. The average Bonchev–Trinajstić information content (AvgIpc) is 2.26. The number of rotatable bonds is 3. The number of carbonyl (C=O) groups is 1. The maximum Gasteiger partial charge on any atom is 0.234 e. The predicted octanol–water partition coefficient (Wildman–Crippen LogP) is 4.33. The minimum atomic E-state index is -0.216. The molecule has 1 rings (SSSR count). The summed E-state index contributed by atoms with van der Waals surface area (Å²) in [4.78, 5) is 11.9. The third kappa shape index (κ3) is 4.29. The van der Waals surface area contributed by atoms with Gasteiger partial charge in [-0.2, -0.15) is 0 Å². The summed E-state index contributed by atoms with van der Waals surface area (Å²) in [6.07, 6.45) is 0. The molecule has 0 saturated carbocycles. The van der Waals surface area contributed by atoms with Crippen LogP contribution in [0.4, 0.5) is 0 Å². The molecule has 1 amide bonds. The maximum atomic E-state index is 12.1. The monoisotopic (exact) mass is 331 g/mol. The number of carbonyl (C=O) groups excluding carboxylic acids is 1. The zero-order valence-electron chi connectivity index (χ0n) is 11.1. The molecule has 4 heteroatoms. The minimum Gasteiger partial charge on any atom is -0.349 e. The third-order valence-corrected chi connectivity index (χ3v) is 4.72. The van der Waals surface area contributed by atoms with Crippen molar-refractivity contribution in [2.45, 2.75) is 38.6 Å². The average molecular weight is 333 g/mol. The predicted molar refractivity (Wildman–Crippen MR) is 80.2 cm³/mol. The van der Waals surface area contributed by atoms with Crippen LogP contribution >= 0.6 is 27.5 Å². The van der Waals surface area contributed by atoms with Crippen molar-refractivity contribution in [3.05, 3.63) is 34.9 Å². The number of hydrogen-bond donors (Lipinski definition) is 1. The van der Waals surface area contributed by atoms with Gasteiger partial charge in [-0.05, 0) is 30.0 Å². The summed E-state index contributed by atoms with van der Waals surface area (Å²) in [7, 11) is 0. The van der Waals surface area contributed by atoms with E-state index >= 15 is 0 Å². The Morgan fingerprint density at radius 1 is 1.39 bits per heavy atom. The molecule has 0 heterocycles. The Kier molecular flexibility index (Phi) is 5.23. The van der Waals surface area contributed by atoms with Gasteiger partial charge in [0.1, 0.15) is 0 Å². The van der Waals surface area contributed by atoms with Gasteiger partial charge in [0.15, 0.2) is 0 Å². The van der Waals surface area contributed by atoms with Crippen LogP contribution in [0.2, 0.25) is 5.02 Å². The summed E-state index contributed by atoms with van der Waals surface area (Å²) >= 11 is 9.38. The van der Waals surface area contributed by atoms with E-state index in [2.05, 4.69) is 21.2 Å². The molecule has 2 unspecified atom stereocenters. The van der Waals surface area contributed by atoms with Gasteiger partial charge in [-0.15, -0.1) is 0 Å².